The molecule has 0 unspecified atom stereocenters. The van der Waals surface area contributed by atoms with Crippen molar-refractivity contribution in [3.8, 4) is 0 Å². The van der Waals surface area contributed by atoms with E-state index in [-0.39, 0.29) is 100 Å². The maximum Gasteiger partial charge on any atom is 0.229 e. The number of rotatable bonds is 4. The molecule has 12 nitrogen and oxygen atoms in total. The van der Waals surface area contributed by atoms with Crippen molar-refractivity contribution in [2.45, 2.75) is 55.4 Å². The summed E-state index contributed by atoms with van der Waals surface area (Å²) >= 11 is 0. The molecule has 0 spiro atoms. The minimum Gasteiger partial charge on any atom is -0.876 e. The summed E-state index contributed by atoms with van der Waals surface area (Å²) in [6, 6.07) is 0. The van der Waals surface area contributed by atoms with Crippen molar-refractivity contribution in [1.82, 2.24) is 0 Å². The van der Waals surface area contributed by atoms with Crippen LogP contribution in [-0.4, -0.2) is 50.1 Å². The van der Waals surface area contributed by atoms with Gasteiger partial charge in [0.25, 0.3) is 0 Å². The molecule has 0 saturated heterocycles. The van der Waals surface area contributed by atoms with E-state index in [9.17, 15) is 34.5 Å². The molecule has 0 rings (SSSR count). The Morgan fingerprint density at radius 1 is 0.485 bits per heavy atom. The predicted octanol–water partition coefficient (Wildman–Crippen LogP) is -3.58. The quantitative estimate of drug-likeness (QED) is 0.129. The molecule has 203 valence electrons. The number of hydrogen-bond acceptors (Lipinski definition) is 7. The maximum absolute atomic E-state index is 10.1. The van der Waals surface area contributed by atoms with Crippen LogP contribution in [0.15, 0.2) is 47.3 Å². The molecule has 0 amide bonds. The van der Waals surface area contributed by atoms with Crippen LogP contribution in [0.1, 0.15) is 55.4 Å². The fraction of sp³-hybridized carbons (Fsp3) is 0.400. The van der Waals surface area contributed by atoms with Gasteiger partial charge < -0.3 is 42.3 Å². The van der Waals surface area contributed by atoms with Crippen LogP contribution in [-0.2, 0) is 19.2 Å². The summed E-state index contributed by atoms with van der Waals surface area (Å²) in [7, 11) is 0. The third-order valence-corrected chi connectivity index (χ3v) is 1.64. The van der Waals surface area contributed by atoms with E-state index in [0.717, 1.165) is 18.2 Å². The number of carbonyl (C=O) groups is 4. The normalized spacial score (nSPS) is 9.70. The molecule has 33 heavy (non-hydrogen) atoms. The molecule has 0 fully saturated rings. The molecule has 0 aromatic rings. The molecular weight excluding hydrogens is 597 g/mol. The Morgan fingerprint density at radius 3 is 0.636 bits per heavy atom. The van der Waals surface area contributed by atoms with E-state index in [0.29, 0.717) is 5.76 Å². The fourth-order valence-electron chi connectivity index (χ4n) is 1.16. The average Bonchev–Trinajstić information content (AvgIpc) is 2.32. The molecule has 13 heteroatoms. The van der Waals surface area contributed by atoms with Crippen molar-refractivity contribution in [1.29, 1.82) is 0 Å². The van der Waals surface area contributed by atoms with Gasteiger partial charge in [0.05, 0.1) is 6.08 Å². The molecule has 10 N–H and O–H groups in total. The van der Waals surface area contributed by atoms with E-state index >= 15 is 0 Å². The van der Waals surface area contributed by atoms with Crippen molar-refractivity contribution < 1.29 is 99.2 Å². The first-order valence-electron chi connectivity index (χ1n) is 7.99. The molecule has 0 aliphatic heterocycles. The molecule has 0 aromatic carbocycles. The Labute approximate surface area is 224 Å². The summed E-state index contributed by atoms with van der Waals surface area (Å²) in [6.45, 7) is 11.1. The Balaban J connectivity index is -0.0000000316. The van der Waals surface area contributed by atoms with Crippen LogP contribution in [0.4, 0.5) is 0 Å². The Morgan fingerprint density at radius 2 is 0.636 bits per heavy atom. The van der Waals surface area contributed by atoms with Crippen molar-refractivity contribution in [3.63, 3.8) is 0 Å². The summed E-state index contributed by atoms with van der Waals surface area (Å²) in [6.07, 6.45) is 4.44. The standard InChI is InChI=1S/4C5H8O2.Ho.4H2O/c4*1-4(6)3-5(2)7;;;;;/h4*3,6H,1-2H3;;4*1H2/p-2/b4*4-3-;;;;;. The van der Waals surface area contributed by atoms with Crippen LogP contribution in [0.5, 0.6) is 0 Å². The molecule has 0 bridgehead atoms. The fourth-order valence-corrected chi connectivity index (χ4v) is 1.16. The van der Waals surface area contributed by atoms with E-state index in [4.69, 9.17) is 5.11 Å². The van der Waals surface area contributed by atoms with Gasteiger partial charge in [-0.2, -0.15) is 0 Å². The minimum absolute atomic E-state index is 0. The van der Waals surface area contributed by atoms with Crippen LogP contribution in [0.3, 0.4) is 0 Å². The SMILES string of the molecule is CC(=O)/C=C(/C)[O-].CC(=O)/C=C(/C)[O-].CC(=O)/C=C(/C)[O-].CC(=O)/C=C(/C)[OH2+].O.O.O.O.[Ho]. The smallest absolute Gasteiger partial charge is 0.229 e. The van der Waals surface area contributed by atoms with E-state index in [1.807, 2.05) is 0 Å². The number of carbonyl (C=O) groups excluding carboxylic acids is 4. The molecule has 0 aromatic heterocycles. The van der Waals surface area contributed by atoms with Crippen molar-refractivity contribution in [3.05, 3.63) is 47.3 Å². The summed E-state index contributed by atoms with van der Waals surface area (Å²) in [5.74, 6) is -0.875. The van der Waals surface area contributed by atoms with Gasteiger partial charge in [-0.3, -0.25) is 19.2 Å². The second-order valence-corrected chi connectivity index (χ2v) is 5.53. The Hall–Kier alpha value is -2.06. The van der Waals surface area contributed by atoms with Gasteiger partial charge in [0.15, 0.2) is 23.1 Å². The molecule has 0 saturated carbocycles. The van der Waals surface area contributed by atoms with Crippen molar-refractivity contribution >= 4 is 23.1 Å². The number of hydrogen-bond donors (Lipinski definition) is 0. The van der Waals surface area contributed by atoms with Gasteiger partial charge in [0.2, 0.25) is 5.76 Å². The maximum atomic E-state index is 10.1. The van der Waals surface area contributed by atoms with Gasteiger partial charge in [-0.05, 0) is 45.9 Å². The number of allylic oxidation sites excluding steroid dienone is 8. The van der Waals surface area contributed by atoms with Gasteiger partial charge in [0.1, 0.15) is 0 Å². The molecule has 0 aliphatic carbocycles. The third kappa shape index (κ3) is 120. The monoisotopic (exact) mass is 635 g/mol. The van der Waals surface area contributed by atoms with Gasteiger partial charge in [-0.15, -0.1) is 17.3 Å². The van der Waals surface area contributed by atoms with Gasteiger partial charge in [0, 0.05) is 44.7 Å². The van der Waals surface area contributed by atoms with Gasteiger partial charge >= 0.3 is 0 Å². The Bertz CT molecular complexity index is 519. The van der Waals surface area contributed by atoms with Crippen LogP contribution in [0.2, 0.25) is 0 Å². The minimum atomic E-state index is -0.187. The van der Waals surface area contributed by atoms with Gasteiger partial charge in [-0.1, -0.05) is 20.8 Å². The van der Waals surface area contributed by atoms with Crippen LogP contribution >= 0.6 is 0 Å². The number of ketones is 4. The first-order valence-corrected chi connectivity index (χ1v) is 7.99. The van der Waals surface area contributed by atoms with E-state index in [1.54, 1.807) is 6.92 Å². The van der Waals surface area contributed by atoms with E-state index in [1.165, 1.54) is 54.5 Å². The molecule has 0 aliphatic rings. The molecular formula is C20H38HoO12-2. The van der Waals surface area contributed by atoms with Crippen molar-refractivity contribution in [2.24, 2.45) is 0 Å². The summed E-state index contributed by atoms with van der Waals surface area (Å²) in [5.41, 5.74) is 0. The first-order chi connectivity index (χ1) is 12.5. The summed E-state index contributed by atoms with van der Waals surface area (Å²) < 4.78 is 0. The predicted molar refractivity (Wildman–Crippen MR) is 116 cm³/mol. The first kappa shape index (κ1) is 57.6. The largest absolute Gasteiger partial charge is 0.876 e. The molecule has 1 radical (unpaired) electrons. The van der Waals surface area contributed by atoms with Crippen LogP contribution < -0.4 is 15.3 Å². The van der Waals surface area contributed by atoms with E-state index in [2.05, 4.69) is 0 Å². The van der Waals surface area contributed by atoms with Gasteiger partial charge in [-0.25, -0.2) is 0 Å². The summed E-state index contributed by atoms with van der Waals surface area (Å²) in [4.78, 5) is 40.0. The summed E-state index contributed by atoms with van der Waals surface area (Å²) in [5, 5.41) is 36.7. The zero-order chi connectivity index (χ0) is 23.4. The molecule has 0 atom stereocenters. The zero-order valence-corrected chi connectivity index (χ0v) is 21.9. The third-order valence-electron chi connectivity index (χ3n) is 1.64. The van der Waals surface area contributed by atoms with Crippen LogP contribution in [0, 0.1) is 37.7 Å². The van der Waals surface area contributed by atoms with Crippen LogP contribution in [0.25, 0.3) is 0 Å². The zero-order valence-electron chi connectivity index (χ0n) is 20.0. The van der Waals surface area contributed by atoms with E-state index < -0.39 is 0 Å². The Kier molecular flexibility index (Phi) is 65.1. The average molecular weight is 635 g/mol. The van der Waals surface area contributed by atoms with Crippen molar-refractivity contribution in [2.75, 3.05) is 0 Å². The topological polar surface area (TPSA) is 286 Å². The second-order valence-electron chi connectivity index (χ2n) is 5.53. The second kappa shape index (κ2) is 37.3. The molecule has 0 heterocycles.